The number of fused-ring (bicyclic) bond motifs is 1. The third-order valence-electron chi connectivity index (χ3n) is 3.92. The first kappa shape index (κ1) is 12.9. The summed E-state index contributed by atoms with van der Waals surface area (Å²) in [4.78, 5) is 14.7. The van der Waals surface area contributed by atoms with Crippen LogP contribution in [0.5, 0.6) is 0 Å². The number of nitrogens with one attached hydrogen (secondary N) is 1. The van der Waals surface area contributed by atoms with E-state index in [4.69, 9.17) is 10.2 Å². The number of hydrogen-bond donors (Lipinski definition) is 2. The molecule has 1 aliphatic carbocycles. The van der Waals surface area contributed by atoms with Crippen molar-refractivity contribution < 1.29 is 9.34 Å². The van der Waals surface area contributed by atoms with E-state index in [9.17, 15) is 10.1 Å². The number of rotatable bonds is 4. The predicted octanol–water partition coefficient (Wildman–Crippen LogP) is 2.42. The highest BCUT2D eigenvalue weighted by Gasteiger charge is 2.34. The van der Waals surface area contributed by atoms with Gasteiger partial charge in [0.15, 0.2) is 11.1 Å². The first-order valence-corrected chi connectivity index (χ1v) is 6.66. The van der Waals surface area contributed by atoms with Gasteiger partial charge in [-0.05, 0) is 18.9 Å². The molecular formula is C13H16N4O3. The van der Waals surface area contributed by atoms with Crippen LogP contribution in [-0.4, -0.2) is 22.0 Å². The standard InChI is InChI=1S/C13H16N4O3/c14-8-13(6-1-2-7-13)16-12-15-11-9(17(18)19)4-3-5-10(11)20-12/h3-5H,1-2,6-8,14H2,(H,15,16). The summed E-state index contributed by atoms with van der Waals surface area (Å²) in [5.41, 5.74) is 6.28. The molecule has 1 aromatic heterocycles. The van der Waals surface area contributed by atoms with Crippen molar-refractivity contribution in [1.29, 1.82) is 0 Å². The zero-order chi connectivity index (χ0) is 14.2. The summed E-state index contributed by atoms with van der Waals surface area (Å²) in [6, 6.07) is 4.98. The van der Waals surface area contributed by atoms with Gasteiger partial charge < -0.3 is 15.5 Å². The maximum Gasteiger partial charge on any atom is 0.298 e. The molecule has 3 rings (SSSR count). The van der Waals surface area contributed by atoms with Gasteiger partial charge in [0.05, 0.1) is 10.5 Å². The van der Waals surface area contributed by atoms with Gasteiger partial charge in [0, 0.05) is 12.6 Å². The molecule has 0 bridgehead atoms. The van der Waals surface area contributed by atoms with Gasteiger partial charge in [-0.15, -0.1) is 0 Å². The average molecular weight is 276 g/mol. The molecule has 0 saturated heterocycles. The number of hydrogen-bond acceptors (Lipinski definition) is 6. The van der Waals surface area contributed by atoms with Gasteiger partial charge in [0.2, 0.25) is 0 Å². The van der Waals surface area contributed by atoms with Crippen molar-refractivity contribution >= 4 is 22.8 Å². The minimum absolute atomic E-state index is 0.0486. The van der Waals surface area contributed by atoms with E-state index in [0.717, 1.165) is 25.7 Å². The number of anilines is 1. The number of nitrogens with two attached hydrogens (primary N) is 1. The van der Waals surface area contributed by atoms with Crippen molar-refractivity contribution in [2.24, 2.45) is 5.73 Å². The van der Waals surface area contributed by atoms with E-state index < -0.39 is 4.92 Å². The summed E-state index contributed by atoms with van der Waals surface area (Å²) >= 11 is 0. The topological polar surface area (TPSA) is 107 Å². The summed E-state index contributed by atoms with van der Waals surface area (Å²) in [6.07, 6.45) is 4.16. The Morgan fingerprint density at radius 1 is 1.45 bits per heavy atom. The molecule has 20 heavy (non-hydrogen) atoms. The minimum atomic E-state index is -0.455. The molecule has 0 radical (unpaired) electrons. The van der Waals surface area contributed by atoms with E-state index in [1.165, 1.54) is 6.07 Å². The van der Waals surface area contributed by atoms with Crippen LogP contribution in [0.1, 0.15) is 25.7 Å². The number of nitro groups is 1. The molecule has 106 valence electrons. The van der Waals surface area contributed by atoms with Crippen LogP contribution < -0.4 is 11.1 Å². The van der Waals surface area contributed by atoms with E-state index in [1.54, 1.807) is 12.1 Å². The number of aromatic nitrogens is 1. The van der Waals surface area contributed by atoms with E-state index in [2.05, 4.69) is 10.3 Å². The molecule has 0 unspecified atom stereocenters. The fraction of sp³-hybridized carbons (Fsp3) is 0.462. The summed E-state index contributed by atoms with van der Waals surface area (Å²) in [5, 5.41) is 14.2. The van der Waals surface area contributed by atoms with Gasteiger partial charge in [-0.25, -0.2) is 0 Å². The number of non-ortho nitro benzene ring substituents is 1. The molecule has 1 fully saturated rings. The van der Waals surface area contributed by atoms with Crippen LogP contribution in [0, 0.1) is 10.1 Å². The third-order valence-corrected chi connectivity index (χ3v) is 3.92. The monoisotopic (exact) mass is 276 g/mol. The van der Waals surface area contributed by atoms with Gasteiger partial charge in [-0.2, -0.15) is 4.98 Å². The summed E-state index contributed by atoms with van der Waals surface area (Å²) in [6.45, 7) is 0.494. The first-order valence-electron chi connectivity index (χ1n) is 6.66. The Morgan fingerprint density at radius 3 is 2.85 bits per heavy atom. The number of nitro benzene ring substituents is 1. The minimum Gasteiger partial charge on any atom is -0.423 e. The molecule has 0 spiro atoms. The second-order valence-electron chi connectivity index (χ2n) is 5.22. The van der Waals surface area contributed by atoms with Crippen LogP contribution in [0.4, 0.5) is 11.7 Å². The van der Waals surface area contributed by atoms with Crippen molar-refractivity contribution in [2.45, 2.75) is 31.2 Å². The maximum atomic E-state index is 11.0. The fourth-order valence-electron chi connectivity index (χ4n) is 2.79. The highest BCUT2D eigenvalue weighted by molar-refractivity contribution is 5.84. The molecule has 2 aromatic rings. The summed E-state index contributed by atoms with van der Waals surface area (Å²) in [5.74, 6) is 0. The highest BCUT2D eigenvalue weighted by atomic mass is 16.6. The van der Waals surface area contributed by atoms with Crippen LogP contribution >= 0.6 is 0 Å². The predicted molar refractivity (Wildman–Crippen MR) is 74.5 cm³/mol. The Hall–Kier alpha value is -2.15. The Labute approximate surface area is 115 Å². The van der Waals surface area contributed by atoms with Crippen LogP contribution in [0.2, 0.25) is 0 Å². The normalized spacial score (nSPS) is 17.4. The molecule has 1 aromatic carbocycles. The number of para-hydroxylation sites is 1. The van der Waals surface area contributed by atoms with Gasteiger partial charge in [0.1, 0.15) is 0 Å². The SMILES string of the molecule is NCC1(Nc2nc3c([N+](=O)[O-])cccc3o2)CCCC1. The largest absolute Gasteiger partial charge is 0.423 e. The molecule has 3 N–H and O–H groups in total. The van der Waals surface area contributed by atoms with Crippen LogP contribution in [-0.2, 0) is 0 Å². The second-order valence-corrected chi connectivity index (χ2v) is 5.22. The smallest absolute Gasteiger partial charge is 0.298 e. The lowest BCUT2D eigenvalue weighted by Gasteiger charge is -2.27. The number of nitrogens with zero attached hydrogens (tertiary/aromatic N) is 2. The maximum absolute atomic E-state index is 11.0. The Bertz CT molecular complexity index is 646. The third kappa shape index (κ3) is 2.09. The molecule has 0 amide bonds. The van der Waals surface area contributed by atoms with E-state index >= 15 is 0 Å². The summed E-state index contributed by atoms with van der Waals surface area (Å²) < 4.78 is 5.57. The fourth-order valence-corrected chi connectivity index (χ4v) is 2.79. The molecule has 1 aliphatic rings. The van der Waals surface area contributed by atoms with E-state index in [-0.39, 0.29) is 16.7 Å². The molecule has 1 saturated carbocycles. The van der Waals surface area contributed by atoms with Crippen LogP contribution in [0.3, 0.4) is 0 Å². The van der Waals surface area contributed by atoms with Crippen molar-refractivity contribution in [3.63, 3.8) is 0 Å². The Kier molecular flexibility index (Phi) is 3.06. The van der Waals surface area contributed by atoms with Crippen molar-refractivity contribution in [1.82, 2.24) is 4.98 Å². The first-order chi connectivity index (χ1) is 9.63. The number of benzene rings is 1. The van der Waals surface area contributed by atoms with Crippen molar-refractivity contribution in [2.75, 3.05) is 11.9 Å². The van der Waals surface area contributed by atoms with Gasteiger partial charge in [-0.1, -0.05) is 18.9 Å². The highest BCUT2D eigenvalue weighted by Crippen LogP contribution is 2.34. The number of oxazole rings is 1. The van der Waals surface area contributed by atoms with Crippen molar-refractivity contribution in [3.05, 3.63) is 28.3 Å². The van der Waals surface area contributed by atoms with Crippen LogP contribution in [0.15, 0.2) is 22.6 Å². The molecule has 0 atom stereocenters. The lowest BCUT2D eigenvalue weighted by atomic mass is 9.98. The Morgan fingerprint density at radius 2 is 2.20 bits per heavy atom. The summed E-state index contributed by atoms with van der Waals surface area (Å²) in [7, 11) is 0. The second kappa shape index (κ2) is 4.75. The Balaban J connectivity index is 1.97. The lowest BCUT2D eigenvalue weighted by Crippen LogP contribution is -2.42. The average Bonchev–Trinajstić information content (AvgIpc) is 3.04. The molecule has 1 heterocycles. The van der Waals surface area contributed by atoms with E-state index in [1.807, 2.05) is 0 Å². The molecular weight excluding hydrogens is 260 g/mol. The van der Waals surface area contributed by atoms with Crippen LogP contribution in [0.25, 0.3) is 11.1 Å². The van der Waals surface area contributed by atoms with Gasteiger partial charge >= 0.3 is 0 Å². The quantitative estimate of drug-likeness (QED) is 0.656. The van der Waals surface area contributed by atoms with Gasteiger partial charge in [0.25, 0.3) is 11.7 Å². The van der Waals surface area contributed by atoms with Crippen molar-refractivity contribution in [3.8, 4) is 0 Å². The van der Waals surface area contributed by atoms with Gasteiger partial charge in [-0.3, -0.25) is 10.1 Å². The molecule has 7 heteroatoms. The zero-order valence-corrected chi connectivity index (χ0v) is 11.0. The lowest BCUT2D eigenvalue weighted by molar-refractivity contribution is -0.383. The van der Waals surface area contributed by atoms with E-state index in [0.29, 0.717) is 18.1 Å². The zero-order valence-electron chi connectivity index (χ0n) is 11.0. The molecule has 7 nitrogen and oxygen atoms in total. The molecule has 0 aliphatic heterocycles.